The molecule has 1 aromatic carbocycles. The zero-order valence-electron chi connectivity index (χ0n) is 21.0. The van der Waals surface area contributed by atoms with Crippen molar-refractivity contribution in [3.63, 3.8) is 0 Å². The molecule has 0 saturated carbocycles. The van der Waals surface area contributed by atoms with Crippen molar-refractivity contribution >= 4 is 44.9 Å². The lowest BCUT2D eigenvalue weighted by Crippen LogP contribution is -2.37. The minimum absolute atomic E-state index is 0.102. The molecule has 0 unspecified atom stereocenters. The topological polar surface area (TPSA) is 102 Å². The van der Waals surface area contributed by atoms with E-state index in [0.717, 1.165) is 54.8 Å². The molecule has 4 aromatic rings. The quantitative estimate of drug-likeness (QED) is 0.309. The Labute approximate surface area is 219 Å². The van der Waals surface area contributed by atoms with Crippen molar-refractivity contribution in [3.8, 4) is 11.5 Å². The lowest BCUT2D eigenvalue weighted by atomic mass is 9.90. The first-order valence-electron chi connectivity index (χ1n) is 12.4. The molecule has 192 valence electrons. The van der Waals surface area contributed by atoms with Crippen molar-refractivity contribution in [1.29, 1.82) is 0 Å². The third kappa shape index (κ3) is 5.80. The van der Waals surface area contributed by atoms with E-state index in [1.54, 1.807) is 32.1 Å². The Hall–Kier alpha value is -3.79. The van der Waals surface area contributed by atoms with Gasteiger partial charge in [-0.25, -0.2) is 4.98 Å². The number of benzene rings is 1. The first-order valence-corrected chi connectivity index (χ1v) is 13.3. The van der Waals surface area contributed by atoms with Gasteiger partial charge in [-0.15, -0.1) is 11.3 Å². The highest BCUT2D eigenvalue weighted by molar-refractivity contribution is 7.16. The number of nitrogens with one attached hydrogen (secondary N) is 1. The van der Waals surface area contributed by atoms with Crippen molar-refractivity contribution < 1.29 is 14.3 Å². The maximum Gasteiger partial charge on any atom is 0.228 e. The second kappa shape index (κ2) is 11.5. The number of carbonyl (C=O) groups excluding carboxylic acids is 1. The number of aromatic nitrogens is 4. The number of hydrogen-bond donors (Lipinski definition) is 1. The molecule has 1 N–H and O–H groups in total. The number of ether oxygens (including phenoxy) is 2. The maximum absolute atomic E-state index is 12.8. The summed E-state index contributed by atoms with van der Waals surface area (Å²) in [6.45, 7) is 1.50. The lowest BCUT2D eigenvalue weighted by Gasteiger charge is -2.31. The van der Waals surface area contributed by atoms with E-state index in [0.29, 0.717) is 35.5 Å². The number of fused-ring (bicyclic) bond motifs is 1. The molecular formula is C27H30N6O3S. The van der Waals surface area contributed by atoms with Gasteiger partial charge in [0.15, 0.2) is 22.1 Å². The number of hydrogen-bond acceptors (Lipinski definition) is 10. The molecule has 0 spiro atoms. The van der Waals surface area contributed by atoms with Crippen LogP contribution < -0.4 is 19.7 Å². The monoisotopic (exact) mass is 518 g/mol. The molecule has 0 atom stereocenters. The Kier molecular flexibility index (Phi) is 7.74. The number of anilines is 3. The van der Waals surface area contributed by atoms with Gasteiger partial charge in [-0.3, -0.25) is 9.78 Å². The summed E-state index contributed by atoms with van der Waals surface area (Å²) < 4.78 is 10.8. The fraction of sp³-hybridized carbons (Fsp3) is 0.370. The highest BCUT2D eigenvalue weighted by atomic mass is 32.1. The smallest absolute Gasteiger partial charge is 0.228 e. The molecular weight excluding hydrogens is 488 g/mol. The van der Waals surface area contributed by atoms with E-state index in [1.807, 2.05) is 30.3 Å². The predicted octanol–water partition coefficient (Wildman–Crippen LogP) is 5.05. The summed E-state index contributed by atoms with van der Waals surface area (Å²) in [6.07, 6.45) is 7.63. The van der Waals surface area contributed by atoms with Crippen LogP contribution in [0.1, 0.15) is 31.2 Å². The molecule has 1 aliphatic heterocycles. The molecule has 0 radical (unpaired) electrons. The van der Waals surface area contributed by atoms with Crippen molar-refractivity contribution in [3.05, 3.63) is 53.8 Å². The van der Waals surface area contributed by atoms with Gasteiger partial charge in [-0.1, -0.05) is 0 Å². The van der Waals surface area contributed by atoms with Gasteiger partial charge in [-0.2, -0.15) is 9.97 Å². The van der Waals surface area contributed by atoms with Crippen LogP contribution in [0, 0.1) is 5.92 Å². The van der Waals surface area contributed by atoms with Crippen LogP contribution in [0.15, 0.2) is 48.2 Å². The van der Waals surface area contributed by atoms with Gasteiger partial charge in [0.2, 0.25) is 5.95 Å². The standard InChI is InChI=1S/C27H30N6O3S/c1-35-22-7-6-20(16-23(22)36-2)30-25-24-26(37-17-29-24)32-27(31-25)33-14-10-19(11-15-33)21(34)5-3-4-18-8-12-28-13-9-18/h6-9,12-13,16-17,19H,3-5,10-11,14-15H2,1-2H3,(H,30,31,32). The van der Waals surface area contributed by atoms with E-state index in [1.165, 1.54) is 16.9 Å². The fourth-order valence-electron chi connectivity index (χ4n) is 4.65. The van der Waals surface area contributed by atoms with Crippen molar-refractivity contribution in [1.82, 2.24) is 19.9 Å². The number of thiazole rings is 1. The van der Waals surface area contributed by atoms with Crippen molar-refractivity contribution in [2.75, 3.05) is 37.5 Å². The average Bonchev–Trinajstić information content (AvgIpc) is 3.43. The van der Waals surface area contributed by atoms with Gasteiger partial charge in [0, 0.05) is 49.6 Å². The molecule has 1 saturated heterocycles. The Morgan fingerprint density at radius 1 is 1.08 bits per heavy atom. The average molecular weight is 519 g/mol. The summed E-state index contributed by atoms with van der Waals surface area (Å²) in [6, 6.07) is 9.65. The molecule has 4 heterocycles. The lowest BCUT2D eigenvalue weighted by molar-refractivity contribution is -0.123. The zero-order valence-corrected chi connectivity index (χ0v) is 21.8. The molecule has 10 heteroatoms. The van der Waals surface area contributed by atoms with Crippen LogP contribution in [0.5, 0.6) is 11.5 Å². The zero-order chi connectivity index (χ0) is 25.6. The predicted molar refractivity (Wildman–Crippen MR) is 145 cm³/mol. The minimum atomic E-state index is 0.102. The minimum Gasteiger partial charge on any atom is -0.493 e. The number of aryl methyl sites for hydroxylation is 1. The molecule has 0 bridgehead atoms. The number of methoxy groups -OCH3 is 2. The second-order valence-corrected chi connectivity index (χ2v) is 9.84. The van der Waals surface area contributed by atoms with E-state index in [-0.39, 0.29) is 5.92 Å². The summed E-state index contributed by atoms with van der Waals surface area (Å²) >= 11 is 1.49. The Bertz CT molecular complexity index is 1360. The maximum atomic E-state index is 12.8. The van der Waals surface area contributed by atoms with Crippen LogP contribution in [0.25, 0.3) is 10.3 Å². The van der Waals surface area contributed by atoms with Crippen LogP contribution in [-0.2, 0) is 11.2 Å². The Balaban J connectivity index is 1.23. The summed E-state index contributed by atoms with van der Waals surface area (Å²) in [4.78, 5) is 33.9. The summed E-state index contributed by atoms with van der Waals surface area (Å²) in [5.74, 6) is 3.05. The normalized spacial score (nSPS) is 14.1. The molecule has 0 amide bonds. The van der Waals surface area contributed by atoms with Gasteiger partial charge in [-0.05, 0) is 55.5 Å². The molecule has 1 aliphatic rings. The number of Topliss-reactive ketones (excluding diaryl/α,β-unsaturated/α-hetero) is 1. The third-order valence-electron chi connectivity index (χ3n) is 6.70. The SMILES string of the molecule is COc1ccc(Nc2nc(N3CCC(C(=O)CCCc4ccncc4)CC3)nc3scnc23)cc1OC. The number of ketones is 1. The van der Waals surface area contributed by atoms with E-state index in [4.69, 9.17) is 19.4 Å². The molecule has 1 fully saturated rings. The second-order valence-electron chi connectivity index (χ2n) is 9.01. The number of nitrogens with zero attached hydrogens (tertiary/aromatic N) is 5. The van der Waals surface area contributed by atoms with Gasteiger partial charge in [0.1, 0.15) is 11.3 Å². The first-order chi connectivity index (χ1) is 18.1. The molecule has 5 rings (SSSR count). The highest BCUT2D eigenvalue weighted by Gasteiger charge is 2.26. The summed E-state index contributed by atoms with van der Waals surface area (Å²) in [5, 5.41) is 3.38. The van der Waals surface area contributed by atoms with Crippen molar-refractivity contribution in [2.24, 2.45) is 5.92 Å². The fourth-order valence-corrected chi connectivity index (χ4v) is 5.30. The number of piperidine rings is 1. The van der Waals surface area contributed by atoms with E-state index in [9.17, 15) is 4.79 Å². The first kappa shape index (κ1) is 24.9. The van der Waals surface area contributed by atoms with E-state index >= 15 is 0 Å². The highest BCUT2D eigenvalue weighted by Crippen LogP contribution is 2.34. The van der Waals surface area contributed by atoms with Crippen LogP contribution in [0.3, 0.4) is 0 Å². The number of carbonyl (C=O) groups is 1. The van der Waals surface area contributed by atoms with Gasteiger partial charge in [0.05, 0.1) is 19.7 Å². The van der Waals surface area contributed by atoms with Crippen LogP contribution in [0.2, 0.25) is 0 Å². The van der Waals surface area contributed by atoms with E-state index < -0.39 is 0 Å². The third-order valence-corrected chi connectivity index (χ3v) is 7.42. The van der Waals surface area contributed by atoms with Crippen LogP contribution in [-0.4, -0.2) is 53.0 Å². The Morgan fingerprint density at radius 2 is 1.86 bits per heavy atom. The number of rotatable bonds is 10. The van der Waals surface area contributed by atoms with Crippen molar-refractivity contribution in [2.45, 2.75) is 32.1 Å². The molecule has 9 nitrogen and oxygen atoms in total. The van der Waals surface area contributed by atoms with E-state index in [2.05, 4.69) is 20.2 Å². The molecule has 3 aromatic heterocycles. The Morgan fingerprint density at radius 3 is 2.62 bits per heavy atom. The van der Waals surface area contributed by atoms with Crippen LogP contribution in [0.4, 0.5) is 17.5 Å². The van der Waals surface area contributed by atoms with Gasteiger partial charge in [0.25, 0.3) is 0 Å². The van der Waals surface area contributed by atoms with Crippen LogP contribution >= 0.6 is 11.3 Å². The van der Waals surface area contributed by atoms with Gasteiger partial charge >= 0.3 is 0 Å². The molecule has 0 aliphatic carbocycles. The summed E-state index contributed by atoms with van der Waals surface area (Å²) in [7, 11) is 3.22. The summed E-state index contributed by atoms with van der Waals surface area (Å²) in [5.41, 5.74) is 4.54. The molecule has 37 heavy (non-hydrogen) atoms. The largest absolute Gasteiger partial charge is 0.493 e. The van der Waals surface area contributed by atoms with Gasteiger partial charge < -0.3 is 19.7 Å². The number of pyridine rings is 1.